The van der Waals surface area contributed by atoms with Crippen LogP contribution in [0, 0.1) is 0 Å². The van der Waals surface area contributed by atoms with E-state index < -0.39 is 5.12 Å². The van der Waals surface area contributed by atoms with Crippen molar-refractivity contribution >= 4 is 17.8 Å². The molecule has 1 aromatic heterocycles. The summed E-state index contributed by atoms with van der Waals surface area (Å²) in [7, 11) is 0. The first-order valence-corrected chi connectivity index (χ1v) is 3.85. The first-order valence-electron chi connectivity index (χ1n) is 3.47. The molecule has 0 aliphatic carbocycles. The largest absolute Gasteiger partial charge is 0.350 e. The number of hydrogen-bond acceptors (Lipinski definition) is 3. The molecule has 0 saturated heterocycles. The van der Waals surface area contributed by atoms with Gasteiger partial charge in [0.15, 0.2) is 0 Å². The summed E-state index contributed by atoms with van der Waals surface area (Å²) in [6, 6.07) is 0. The molecule has 1 atom stereocenters. The zero-order chi connectivity index (χ0) is 8.44. The Labute approximate surface area is 74.4 Å². The van der Waals surface area contributed by atoms with Gasteiger partial charge in [-0.05, 0) is 6.08 Å². The fraction of sp³-hybridized carbons (Fsp3) is 0.143. The van der Waals surface area contributed by atoms with Gasteiger partial charge in [0.2, 0.25) is 5.12 Å². The number of imidazole rings is 1. The number of rotatable bonds is 1. The van der Waals surface area contributed by atoms with E-state index in [0.717, 1.165) is 5.69 Å². The summed E-state index contributed by atoms with van der Waals surface area (Å²) in [5.41, 5.74) is 0.727. The molecule has 12 heavy (non-hydrogen) atoms. The number of aromatic nitrogens is 2. The van der Waals surface area contributed by atoms with Gasteiger partial charge in [-0.15, -0.1) is 0 Å². The second-order valence-corrected chi connectivity index (χ2v) is 2.92. The maximum atomic E-state index is 6.11. The number of hydrogen-bond donors (Lipinski definition) is 2. The average Bonchev–Trinajstić information content (AvgIpc) is 2.58. The Morgan fingerprint density at radius 1 is 1.50 bits per heavy atom. The SMILES string of the molecule is ClC1(c2cnc[nH]2)N=CC=CN1. The lowest BCUT2D eigenvalue weighted by molar-refractivity contribution is 0.558. The second-order valence-electron chi connectivity index (χ2n) is 2.37. The number of alkyl halides is 1. The fourth-order valence-corrected chi connectivity index (χ4v) is 1.19. The van der Waals surface area contributed by atoms with Gasteiger partial charge in [0.05, 0.1) is 18.2 Å². The summed E-state index contributed by atoms with van der Waals surface area (Å²) in [5.74, 6) is 0. The van der Waals surface area contributed by atoms with Crippen molar-refractivity contribution in [3.8, 4) is 0 Å². The van der Waals surface area contributed by atoms with Crippen LogP contribution in [-0.4, -0.2) is 16.2 Å². The molecule has 4 nitrogen and oxygen atoms in total. The van der Waals surface area contributed by atoms with E-state index in [1.165, 1.54) is 0 Å². The Morgan fingerprint density at radius 3 is 3.00 bits per heavy atom. The van der Waals surface area contributed by atoms with Crippen LogP contribution in [0.3, 0.4) is 0 Å². The third kappa shape index (κ3) is 1.10. The van der Waals surface area contributed by atoms with E-state index in [4.69, 9.17) is 11.6 Å². The molecular formula is C7H7ClN4. The van der Waals surface area contributed by atoms with Crippen molar-refractivity contribution in [2.24, 2.45) is 4.99 Å². The van der Waals surface area contributed by atoms with Gasteiger partial charge in [-0.1, -0.05) is 11.6 Å². The standard InChI is InChI=1S/C7H7ClN4/c8-7(6-4-9-5-10-6)11-2-1-3-12-7/h1-5,11H,(H,9,10). The second kappa shape index (κ2) is 2.64. The van der Waals surface area contributed by atoms with Gasteiger partial charge < -0.3 is 10.3 Å². The van der Waals surface area contributed by atoms with Gasteiger partial charge >= 0.3 is 0 Å². The lowest BCUT2D eigenvalue weighted by Crippen LogP contribution is -2.33. The van der Waals surface area contributed by atoms with E-state index in [1.54, 1.807) is 31.0 Å². The van der Waals surface area contributed by atoms with Crippen LogP contribution in [0.4, 0.5) is 0 Å². The van der Waals surface area contributed by atoms with Crippen molar-refractivity contribution in [2.75, 3.05) is 0 Å². The van der Waals surface area contributed by atoms with Gasteiger partial charge in [-0.3, -0.25) is 0 Å². The number of nitrogens with one attached hydrogen (secondary N) is 2. The van der Waals surface area contributed by atoms with E-state index in [9.17, 15) is 0 Å². The van der Waals surface area contributed by atoms with Gasteiger partial charge in [-0.2, -0.15) is 0 Å². The van der Waals surface area contributed by atoms with Crippen LogP contribution in [0.2, 0.25) is 0 Å². The summed E-state index contributed by atoms with van der Waals surface area (Å²) in [5, 5.41) is 2.00. The Hall–Kier alpha value is -1.29. The molecule has 62 valence electrons. The minimum absolute atomic E-state index is 0.727. The number of nitrogens with zero attached hydrogens (tertiary/aromatic N) is 2. The molecule has 2 N–H and O–H groups in total. The molecule has 2 heterocycles. The predicted octanol–water partition coefficient (Wildman–Crippen LogP) is 0.946. The Morgan fingerprint density at radius 2 is 2.42 bits per heavy atom. The van der Waals surface area contributed by atoms with Crippen LogP contribution in [0.25, 0.3) is 0 Å². The monoisotopic (exact) mass is 182 g/mol. The third-order valence-electron chi connectivity index (χ3n) is 1.56. The molecule has 0 aromatic carbocycles. The summed E-state index contributed by atoms with van der Waals surface area (Å²) in [6.45, 7) is 0. The van der Waals surface area contributed by atoms with Crippen molar-refractivity contribution in [1.82, 2.24) is 15.3 Å². The molecular weight excluding hydrogens is 176 g/mol. The van der Waals surface area contributed by atoms with Crippen LogP contribution in [-0.2, 0) is 5.12 Å². The Kier molecular flexibility index (Phi) is 1.62. The van der Waals surface area contributed by atoms with Crippen molar-refractivity contribution in [3.05, 3.63) is 30.5 Å². The van der Waals surface area contributed by atoms with E-state index in [1.807, 2.05) is 0 Å². The molecule has 1 aliphatic rings. The van der Waals surface area contributed by atoms with Crippen LogP contribution in [0.15, 0.2) is 29.8 Å². The van der Waals surface area contributed by atoms with Crippen LogP contribution in [0.5, 0.6) is 0 Å². The molecule has 0 amide bonds. The lowest BCUT2D eigenvalue weighted by Gasteiger charge is -2.22. The maximum absolute atomic E-state index is 6.11. The molecule has 1 unspecified atom stereocenters. The highest BCUT2D eigenvalue weighted by atomic mass is 35.5. The highest BCUT2D eigenvalue weighted by Gasteiger charge is 2.29. The molecule has 0 spiro atoms. The molecule has 1 aliphatic heterocycles. The third-order valence-corrected chi connectivity index (χ3v) is 1.97. The quantitative estimate of drug-likeness (QED) is 0.502. The summed E-state index contributed by atoms with van der Waals surface area (Å²) < 4.78 is 0. The Balaban J connectivity index is 2.34. The minimum Gasteiger partial charge on any atom is -0.350 e. The normalized spacial score (nSPS) is 27.1. The zero-order valence-corrected chi connectivity index (χ0v) is 6.92. The van der Waals surface area contributed by atoms with Gasteiger partial charge in [0, 0.05) is 12.4 Å². The first-order chi connectivity index (χ1) is 5.81. The zero-order valence-electron chi connectivity index (χ0n) is 6.16. The maximum Gasteiger partial charge on any atom is 0.249 e. The summed E-state index contributed by atoms with van der Waals surface area (Å²) in [6.07, 6.45) is 8.35. The molecule has 0 radical (unpaired) electrons. The van der Waals surface area contributed by atoms with Gasteiger partial charge in [-0.25, -0.2) is 9.98 Å². The van der Waals surface area contributed by atoms with E-state index in [0.29, 0.717) is 0 Å². The van der Waals surface area contributed by atoms with Crippen LogP contribution in [0.1, 0.15) is 5.69 Å². The first kappa shape index (κ1) is 7.36. The number of halogens is 1. The molecule has 5 heteroatoms. The Bertz CT molecular complexity index is 316. The van der Waals surface area contributed by atoms with Gasteiger partial charge in [0.25, 0.3) is 0 Å². The van der Waals surface area contributed by atoms with E-state index >= 15 is 0 Å². The topological polar surface area (TPSA) is 53.1 Å². The van der Waals surface area contributed by atoms with Crippen molar-refractivity contribution in [1.29, 1.82) is 0 Å². The van der Waals surface area contributed by atoms with Crippen molar-refractivity contribution in [2.45, 2.75) is 5.12 Å². The molecule has 1 aromatic rings. The summed E-state index contributed by atoms with van der Waals surface area (Å²) >= 11 is 6.11. The van der Waals surface area contributed by atoms with E-state index in [2.05, 4.69) is 20.3 Å². The van der Waals surface area contributed by atoms with Crippen molar-refractivity contribution < 1.29 is 0 Å². The molecule has 0 saturated carbocycles. The fourth-order valence-electron chi connectivity index (χ4n) is 0.969. The molecule has 2 rings (SSSR count). The average molecular weight is 183 g/mol. The number of allylic oxidation sites excluding steroid dienone is 1. The predicted molar refractivity (Wildman–Crippen MR) is 46.9 cm³/mol. The summed E-state index contributed by atoms with van der Waals surface area (Å²) in [4.78, 5) is 10.8. The van der Waals surface area contributed by atoms with Gasteiger partial charge in [0.1, 0.15) is 0 Å². The number of aliphatic imine (C=N–C) groups is 1. The van der Waals surface area contributed by atoms with Crippen LogP contribution >= 0.6 is 11.6 Å². The number of aromatic amines is 1. The number of H-pyrrole nitrogens is 1. The molecule has 0 fully saturated rings. The highest BCUT2D eigenvalue weighted by Crippen LogP contribution is 2.26. The highest BCUT2D eigenvalue weighted by molar-refractivity contribution is 6.24. The molecule has 0 bridgehead atoms. The smallest absolute Gasteiger partial charge is 0.249 e. The van der Waals surface area contributed by atoms with Crippen LogP contribution < -0.4 is 5.32 Å². The minimum atomic E-state index is -0.911. The van der Waals surface area contributed by atoms with Crippen molar-refractivity contribution in [3.63, 3.8) is 0 Å². The lowest BCUT2D eigenvalue weighted by atomic mass is 10.3. The van der Waals surface area contributed by atoms with E-state index in [-0.39, 0.29) is 0 Å².